The van der Waals surface area contributed by atoms with Crippen molar-refractivity contribution in [3.63, 3.8) is 0 Å². The molecule has 0 radical (unpaired) electrons. The van der Waals surface area contributed by atoms with E-state index in [0.717, 1.165) is 61.5 Å². The normalized spacial score (nSPS) is 16.9. The van der Waals surface area contributed by atoms with Gasteiger partial charge in [0.25, 0.3) is 0 Å². The van der Waals surface area contributed by atoms with Crippen molar-refractivity contribution in [3.05, 3.63) is 139 Å². The molecule has 2 saturated heterocycles. The van der Waals surface area contributed by atoms with Gasteiger partial charge in [-0.15, -0.1) is 0 Å². The number of piperazine rings is 2. The molecule has 0 bridgehead atoms. The van der Waals surface area contributed by atoms with Gasteiger partial charge < -0.3 is 14.5 Å². The second-order valence-corrected chi connectivity index (χ2v) is 14.8. The number of benzene rings is 4. The second-order valence-electron chi connectivity index (χ2n) is 13.2. The maximum absolute atomic E-state index is 13.8. The molecule has 4 aromatic rings. The number of carbonyl (C=O) groups excluding carboxylic acids is 2. The standard InChI is InChI=1S/C40H42Cl4N4O3/c41-33-13-11-29(23-35(33)43)27-45-15-19-47(20-16-45)39(49)25-37(31-7-3-1-4-8-31)51-38(32-9-5-2-6-10-32)26-40(50)48-21-17-46(18-22-48)28-30-12-14-34(42)36(44)24-30/h1-14,23-24,37-38H,15-22,25-28H2. The minimum atomic E-state index is -0.519. The maximum atomic E-state index is 13.8. The molecule has 2 heterocycles. The summed E-state index contributed by atoms with van der Waals surface area (Å²) in [7, 11) is 0. The Hall–Kier alpha value is -3.14. The number of hydrogen-bond acceptors (Lipinski definition) is 5. The molecule has 2 aliphatic rings. The average molecular weight is 769 g/mol. The number of ether oxygens (including phenoxy) is 1. The van der Waals surface area contributed by atoms with Crippen LogP contribution < -0.4 is 0 Å². The summed E-state index contributed by atoms with van der Waals surface area (Å²) in [6.45, 7) is 7.00. The van der Waals surface area contributed by atoms with Crippen molar-refractivity contribution in [1.82, 2.24) is 19.6 Å². The van der Waals surface area contributed by atoms with Gasteiger partial charge >= 0.3 is 0 Å². The van der Waals surface area contributed by atoms with Crippen LogP contribution in [-0.4, -0.2) is 83.8 Å². The van der Waals surface area contributed by atoms with E-state index in [0.29, 0.717) is 46.3 Å². The maximum Gasteiger partial charge on any atom is 0.225 e. The highest BCUT2D eigenvalue weighted by Gasteiger charge is 2.30. The Kier molecular flexibility index (Phi) is 13.3. The van der Waals surface area contributed by atoms with Crippen LogP contribution in [0.3, 0.4) is 0 Å². The first-order chi connectivity index (χ1) is 24.7. The molecule has 0 aliphatic carbocycles. The van der Waals surface area contributed by atoms with Crippen LogP contribution in [0.25, 0.3) is 0 Å². The quantitative estimate of drug-likeness (QED) is 0.145. The zero-order valence-electron chi connectivity index (χ0n) is 28.4. The van der Waals surface area contributed by atoms with Gasteiger partial charge in [-0.1, -0.05) is 119 Å². The van der Waals surface area contributed by atoms with Gasteiger partial charge in [0.05, 0.1) is 45.1 Å². The summed E-state index contributed by atoms with van der Waals surface area (Å²) < 4.78 is 6.83. The minimum absolute atomic E-state index is 0.0364. The number of nitrogens with zero attached hydrogens (tertiary/aromatic N) is 4. The Bertz CT molecular complexity index is 1640. The molecule has 51 heavy (non-hydrogen) atoms. The predicted octanol–water partition coefficient (Wildman–Crippen LogP) is 8.57. The molecule has 0 saturated carbocycles. The highest BCUT2D eigenvalue weighted by atomic mass is 35.5. The molecule has 2 atom stereocenters. The second kappa shape index (κ2) is 18.1. The molecule has 0 N–H and O–H groups in total. The highest BCUT2D eigenvalue weighted by molar-refractivity contribution is 6.42. The summed E-state index contributed by atoms with van der Waals surface area (Å²) in [6.07, 6.45) is -0.674. The van der Waals surface area contributed by atoms with Crippen molar-refractivity contribution in [2.75, 3.05) is 52.4 Å². The first-order valence-electron chi connectivity index (χ1n) is 17.4. The summed E-state index contributed by atoms with van der Waals surface area (Å²) in [5.41, 5.74) is 4.00. The van der Waals surface area contributed by atoms with Crippen molar-refractivity contribution in [1.29, 1.82) is 0 Å². The zero-order chi connectivity index (χ0) is 35.7. The lowest BCUT2D eigenvalue weighted by atomic mass is 10.0. The van der Waals surface area contributed by atoms with Gasteiger partial charge in [-0.05, 0) is 46.5 Å². The molecule has 0 aromatic heterocycles. The average Bonchev–Trinajstić information content (AvgIpc) is 3.15. The van der Waals surface area contributed by atoms with Crippen molar-refractivity contribution in [2.24, 2.45) is 0 Å². The number of rotatable bonds is 12. The largest absolute Gasteiger partial charge is 0.365 e. The van der Waals surface area contributed by atoms with E-state index >= 15 is 0 Å². The molecular weight excluding hydrogens is 726 g/mol. The van der Waals surface area contributed by atoms with E-state index in [-0.39, 0.29) is 24.7 Å². The Morgan fingerprint density at radius 3 is 1.24 bits per heavy atom. The van der Waals surface area contributed by atoms with Crippen LogP contribution >= 0.6 is 46.4 Å². The third-order valence-electron chi connectivity index (χ3n) is 9.62. The van der Waals surface area contributed by atoms with E-state index in [2.05, 4.69) is 9.80 Å². The summed E-state index contributed by atoms with van der Waals surface area (Å²) in [4.78, 5) is 36.1. The van der Waals surface area contributed by atoms with Gasteiger partial charge in [0.1, 0.15) is 0 Å². The molecule has 2 aliphatic heterocycles. The van der Waals surface area contributed by atoms with Crippen LogP contribution in [-0.2, 0) is 27.4 Å². The number of halogens is 4. The molecule has 268 valence electrons. The van der Waals surface area contributed by atoms with Gasteiger partial charge in [0.2, 0.25) is 11.8 Å². The topological polar surface area (TPSA) is 56.3 Å². The molecular formula is C40H42Cl4N4O3. The highest BCUT2D eigenvalue weighted by Crippen LogP contribution is 2.33. The Labute approximate surface area is 320 Å². The number of amides is 2. The van der Waals surface area contributed by atoms with Gasteiger partial charge in [0.15, 0.2) is 0 Å². The first kappa shape index (κ1) is 37.6. The first-order valence-corrected chi connectivity index (χ1v) is 18.9. The molecule has 2 unspecified atom stereocenters. The third-order valence-corrected chi connectivity index (χ3v) is 11.1. The van der Waals surface area contributed by atoms with Crippen LogP contribution in [0.2, 0.25) is 20.1 Å². The fourth-order valence-corrected chi connectivity index (χ4v) is 7.34. The molecule has 6 rings (SSSR count). The zero-order valence-corrected chi connectivity index (χ0v) is 31.4. The molecule has 2 amide bonds. The van der Waals surface area contributed by atoms with Gasteiger partial charge in [0, 0.05) is 65.4 Å². The molecule has 7 nitrogen and oxygen atoms in total. The van der Waals surface area contributed by atoms with Gasteiger partial charge in [-0.2, -0.15) is 0 Å². The van der Waals surface area contributed by atoms with Crippen LogP contribution in [0.15, 0.2) is 97.1 Å². The summed E-state index contributed by atoms with van der Waals surface area (Å²) >= 11 is 24.7. The van der Waals surface area contributed by atoms with Gasteiger partial charge in [-0.3, -0.25) is 19.4 Å². The molecule has 0 spiro atoms. The van der Waals surface area contributed by atoms with Crippen LogP contribution in [0.5, 0.6) is 0 Å². The summed E-state index contributed by atoms with van der Waals surface area (Å²) in [6, 6.07) is 31.1. The summed E-state index contributed by atoms with van der Waals surface area (Å²) in [5.74, 6) is 0.0727. The number of carbonyl (C=O) groups is 2. The van der Waals surface area contributed by atoms with Crippen molar-refractivity contribution >= 4 is 58.2 Å². The SMILES string of the molecule is O=C(CC(OC(CC(=O)N1CCN(Cc2ccc(Cl)c(Cl)c2)CC1)c1ccccc1)c1ccccc1)N1CCN(Cc2ccc(Cl)c(Cl)c2)CC1. The van der Waals surface area contributed by atoms with E-state index in [9.17, 15) is 9.59 Å². The van der Waals surface area contributed by atoms with E-state index in [1.165, 1.54) is 0 Å². The van der Waals surface area contributed by atoms with E-state index in [4.69, 9.17) is 51.1 Å². The number of hydrogen-bond donors (Lipinski definition) is 0. The fraction of sp³-hybridized carbons (Fsp3) is 0.350. The Morgan fingerprint density at radius 1 is 0.510 bits per heavy atom. The van der Waals surface area contributed by atoms with Gasteiger partial charge in [-0.25, -0.2) is 0 Å². The summed E-state index contributed by atoms with van der Waals surface area (Å²) in [5, 5.41) is 2.18. The smallest absolute Gasteiger partial charge is 0.225 e. The van der Waals surface area contributed by atoms with Crippen molar-refractivity contribution < 1.29 is 14.3 Å². The monoisotopic (exact) mass is 766 g/mol. The van der Waals surface area contributed by atoms with Crippen LogP contribution in [0.4, 0.5) is 0 Å². The molecule has 4 aromatic carbocycles. The van der Waals surface area contributed by atoms with E-state index in [1.807, 2.05) is 107 Å². The lowest BCUT2D eigenvalue weighted by Gasteiger charge is -2.36. The van der Waals surface area contributed by atoms with Crippen molar-refractivity contribution in [2.45, 2.75) is 38.1 Å². The predicted molar refractivity (Wildman–Crippen MR) is 205 cm³/mol. The van der Waals surface area contributed by atoms with E-state index < -0.39 is 12.2 Å². The third kappa shape index (κ3) is 10.5. The molecule has 11 heteroatoms. The van der Waals surface area contributed by atoms with E-state index in [1.54, 1.807) is 0 Å². The van der Waals surface area contributed by atoms with Crippen LogP contribution in [0, 0.1) is 0 Å². The lowest BCUT2D eigenvalue weighted by Crippen LogP contribution is -2.49. The van der Waals surface area contributed by atoms with Crippen molar-refractivity contribution in [3.8, 4) is 0 Å². The van der Waals surface area contributed by atoms with Crippen LogP contribution in [0.1, 0.15) is 47.3 Å². The lowest BCUT2D eigenvalue weighted by molar-refractivity contribution is -0.141. The Balaban J connectivity index is 1.08. The molecule has 2 fully saturated rings. The fourth-order valence-electron chi connectivity index (χ4n) is 6.70. The minimum Gasteiger partial charge on any atom is -0.365 e. The Morgan fingerprint density at radius 2 is 0.882 bits per heavy atom.